The van der Waals surface area contributed by atoms with Crippen LogP contribution in [0, 0.1) is 11.8 Å². The molecule has 25 heavy (non-hydrogen) atoms. The number of likely N-dealkylation sites (tertiary alicyclic amines) is 1. The summed E-state index contributed by atoms with van der Waals surface area (Å²) in [7, 11) is 1.62. The lowest BCUT2D eigenvalue weighted by Crippen LogP contribution is -2.49. The number of carbonyl (C=O) groups is 2. The Morgan fingerprint density at radius 3 is 2.84 bits per heavy atom. The molecule has 2 rings (SSSR count). The van der Waals surface area contributed by atoms with Crippen LogP contribution in [0.25, 0.3) is 0 Å². The molecular formula is C19H29N3O3. The Labute approximate surface area is 149 Å². The second-order valence-corrected chi connectivity index (χ2v) is 6.93. The van der Waals surface area contributed by atoms with Gasteiger partial charge in [-0.3, -0.25) is 4.79 Å². The van der Waals surface area contributed by atoms with Crippen molar-refractivity contribution in [1.29, 1.82) is 0 Å². The average Bonchev–Trinajstić information content (AvgIpc) is 2.64. The van der Waals surface area contributed by atoms with Gasteiger partial charge in [0.2, 0.25) is 5.91 Å². The monoisotopic (exact) mass is 347 g/mol. The van der Waals surface area contributed by atoms with Crippen molar-refractivity contribution in [1.82, 2.24) is 15.5 Å². The van der Waals surface area contributed by atoms with Crippen LogP contribution in [0.2, 0.25) is 0 Å². The molecule has 1 fully saturated rings. The maximum atomic E-state index is 12.5. The van der Waals surface area contributed by atoms with Crippen LogP contribution in [-0.4, -0.2) is 43.6 Å². The van der Waals surface area contributed by atoms with Crippen molar-refractivity contribution < 1.29 is 14.3 Å². The molecule has 1 aliphatic rings. The topological polar surface area (TPSA) is 70.7 Å². The molecule has 1 heterocycles. The van der Waals surface area contributed by atoms with Crippen LogP contribution in [-0.2, 0) is 11.3 Å². The zero-order valence-electron chi connectivity index (χ0n) is 15.4. The Morgan fingerprint density at radius 2 is 2.12 bits per heavy atom. The van der Waals surface area contributed by atoms with E-state index in [1.165, 1.54) is 0 Å². The largest absolute Gasteiger partial charge is 0.497 e. The van der Waals surface area contributed by atoms with E-state index in [0.717, 1.165) is 24.2 Å². The zero-order chi connectivity index (χ0) is 18.2. The van der Waals surface area contributed by atoms with E-state index in [1.807, 2.05) is 24.3 Å². The number of amides is 3. The lowest BCUT2D eigenvalue weighted by molar-refractivity contribution is -0.126. The lowest BCUT2D eigenvalue weighted by Gasteiger charge is -2.32. The third kappa shape index (κ3) is 5.96. The molecule has 0 aliphatic carbocycles. The number of rotatable bonds is 6. The van der Waals surface area contributed by atoms with Crippen molar-refractivity contribution >= 4 is 11.9 Å². The molecule has 138 valence electrons. The highest BCUT2D eigenvalue weighted by molar-refractivity contribution is 5.80. The molecule has 0 saturated carbocycles. The molecule has 1 aromatic carbocycles. The van der Waals surface area contributed by atoms with E-state index in [2.05, 4.69) is 24.5 Å². The molecule has 1 atom stereocenters. The van der Waals surface area contributed by atoms with E-state index in [9.17, 15) is 9.59 Å². The summed E-state index contributed by atoms with van der Waals surface area (Å²) in [5, 5.41) is 5.90. The predicted molar refractivity (Wildman–Crippen MR) is 97.4 cm³/mol. The third-order valence-electron chi connectivity index (χ3n) is 4.34. The van der Waals surface area contributed by atoms with E-state index in [1.54, 1.807) is 12.0 Å². The number of piperidine rings is 1. The van der Waals surface area contributed by atoms with Crippen molar-refractivity contribution in [2.45, 2.75) is 33.2 Å². The SMILES string of the molecule is COc1cccc(CNC(=O)[C@H]2CCCN(C(=O)NCC(C)C)C2)c1. The van der Waals surface area contributed by atoms with Crippen LogP contribution in [0.15, 0.2) is 24.3 Å². The number of carbonyl (C=O) groups excluding carboxylic acids is 2. The summed E-state index contributed by atoms with van der Waals surface area (Å²) in [6, 6.07) is 7.57. The first kappa shape index (κ1) is 19.1. The maximum Gasteiger partial charge on any atom is 0.317 e. The highest BCUT2D eigenvalue weighted by Crippen LogP contribution is 2.17. The fourth-order valence-electron chi connectivity index (χ4n) is 2.89. The Hall–Kier alpha value is -2.24. The van der Waals surface area contributed by atoms with Gasteiger partial charge in [0, 0.05) is 26.2 Å². The summed E-state index contributed by atoms with van der Waals surface area (Å²) in [6.45, 7) is 6.43. The van der Waals surface area contributed by atoms with Gasteiger partial charge in [-0.25, -0.2) is 4.79 Å². The molecule has 0 unspecified atom stereocenters. The number of methoxy groups -OCH3 is 1. The van der Waals surface area contributed by atoms with Gasteiger partial charge in [0.25, 0.3) is 0 Å². The molecular weight excluding hydrogens is 318 g/mol. The van der Waals surface area contributed by atoms with E-state index in [0.29, 0.717) is 32.1 Å². The third-order valence-corrected chi connectivity index (χ3v) is 4.34. The number of nitrogens with one attached hydrogen (secondary N) is 2. The highest BCUT2D eigenvalue weighted by Gasteiger charge is 2.28. The maximum absolute atomic E-state index is 12.5. The number of hydrogen-bond acceptors (Lipinski definition) is 3. The summed E-state index contributed by atoms with van der Waals surface area (Å²) in [4.78, 5) is 26.4. The van der Waals surface area contributed by atoms with Crippen molar-refractivity contribution in [3.63, 3.8) is 0 Å². The number of benzene rings is 1. The van der Waals surface area contributed by atoms with Gasteiger partial charge in [0.1, 0.15) is 5.75 Å². The zero-order valence-corrected chi connectivity index (χ0v) is 15.4. The molecule has 1 saturated heterocycles. The number of nitrogens with zero attached hydrogens (tertiary/aromatic N) is 1. The summed E-state index contributed by atoms with van der Waals surface area (Å²) >= 11 is 0. The molecule has 0 bridgehead atoms. The molecule has 6 nitrogen and oxygen atoms in total. The second-order valence-electron chi connectivity index (χ2n) is 6.93. The van der Waals surface area contributed by atoms with Crippen LogP contribution in [0.4, 0.5) is 4.79 Å². The van der Waals surface area contributed by atoms with E-state index in [4.69, 9.17) is 4.74 Å². The second kappa shape index (κ2) is 9.30. The van der Waals surface area contributed by atoms with Crippen LogP contribution >= 0.6 is 0 Å². The van der Waals surface area contributed by atoms with Gasteiger partial charge in [0.15, 0.2) is 0 Å². The van der Waals surface area contributed by atoms with Crippen molar-refractivity contribution in [3.8, 4) is 5.75 Å². The molecule has 0 spiro atoms. The van der Waals surface area contributed by atoms with Crippen LogP contribution in [0.1, 0.15) is 32.3 Å². The summed E-state index contributed by atoms with van der Waals surface area (Å²) in [5.41, 5.74) is 0.995. The number of ether oxygens (including phenoxy) is 1. The molecule has 0 radical (unpaired) electrons. The summed E-state index contributed by atoms with van der Waals surface area (Å²) in [5.74, 6) is 1.04. The first-order chi connectivity index (χ1) is 12.0. The minimum atomic E-state index is -0.149. The minimum Gasteiger partial charge on any atom is -0.497 e. The predicted octanol–water partition coefficient (Wildman–Crippen LogP) is 2.39. The summed E-state index contributed by atoms with van der Waals surface area (Å²) in [6.07, 6.45) is 1.67. The molecule has 3 amide bonds. The van der Waals surface area contributed by atoms with Gasteiger partial charge < -0.3 is 20.3 Å². The van der Waals surface area contributed by atoms with E-state index < -0.39 is 0 Å². The van der Waals surface area contributed by atoms with Crippen LogP contribution in [0.5, 0.6) is 5.75 Å². The molecule has 2 N–H and O–H groups in total. The molecule has 6 heteroatoms. The first-order valence-electron chi connectivity index (χ1n) is 8.93. The van der Waals surface area contributed by atoms with Crippen LogP contribution < -0.4 is 15.4 Å². The highest BCUT2D eigenvalue weighted by atomic mass is 16.5. The quantitative estimate of drug-likeness (QED) is 0.830. The van der Waals surface area contributed by atoms with E-state index in [-0.39, 0.29) is 17.9 Å². The van der Waals surface area contributed by atoms with Gasteiger partial charge in [-0.1, -0.05) is 26.0 Å². The van der Waals surface area contributed by atoms with Crippen LogP contribution in [0.3, 0.4) is 0 Å². The molecule has 0 aromatic heterocycles. The fraction of sp³-hybridized carbons (Fsp3) is 0.579. The summed E-state index contributed by atoms with van der Waals surface area (Å²) < 4.78 is 5.19. The Balaban J connectivity index is 1.83. The number of urea groups is 1. The minimum absolute atomic E-state index is 0.00387. The van der Waals surface area contributed by atoms with Gasteiger partial charge in [-0.15, -0.1) is 0 Å². The van der Waals surface area contributed by atoms with Gasteiger partial charge in [0.05, 0.1) is 13.0 Å². The standard InChI is InChI=1S/C19H29N3O3/c1-14(2)11-21-19(24)22-9-5-7-16(13-22)18(23)20-12-15-6-4-8-17(10-15)25-3/h4,6,8,10,14,16H,5,7,9,11-13H2,1-3H3,(H,20,23)(H,21,24)/t16-/m0/s1. The lowest BCUT2D eigenvalue weighted by atomic mass is 9.97. The average molecular weight is 347 g/mol. The van der Waals surface area contributed by atoms with Gasteiger partial charge >= 0.3 is 6.03 Å². The van der Waals surface area contributed by atoms with Crippen molar-refractivity contribution in [2.75, 3.05) is 26.7 Å². The van der Waals surface area contributed by atoms with Crippen molar-refractivity contribution in [3.05, 3.63) is 29.8 Å². The van der Waals surface area contributed by atoms with Gasteiger partial charge in [-0.05, 0) is 36.5 Å². The van der Waals surface area contributed by atoms with Gasteiger partial charge in [-0.2, -0.15) is 0 Å². The molecule has 1 aliphatic heterocycles. The first-order valence-corrected chi connectivity index (χ1v) is 8.93. The Morgan fingerprint density at radius 1 is 1.32 bits per heavy atom. The Bertz CT molecular complexity index is 589. The number of hydrogen-bond donors (Lipinski definition) is 2. The van der Waals surface area contributed by atoms with Crippen molar-refractivity contribution in [2.24, 2.45) is 11.8 Å². The molecule has 1 aromatic rings. The Kier molecular flexibility index (Phi) is 7.10. The van der Waals surface area contributed by atoms with E-state index >= 15 is 0 Å². The smallest absolute Gasteiger partial charge is 0.317 e. The normalized spacial score (nSPS) is 17.3. The fourth-order valence-corrected chi connectivity index (χ4v) is 2.89.